The molecule has 1 fully saturated rings. The highest BCUT2D eigenvalue weighted by molar-refractivity contribution is 7.98. The Morgan fingerprint density at radius 1 is 1.21 bits per heavy atom. The van der Waals surface area contributed by atoms with Crippen molar-refractivity contribution in [1.29, 1.82) is 0 Å². The molecule has 16 heteroatoms. The number of nitrogens with two attached hydrogens (primary N) is 1. The summed E-state index contributed by atoms with van der Waals surface area (Å²) >= 11 is 1.45. The molecule has 0 bridgehead atoms. The third kappa shape index (κ3) is 5.95. The number of carbonyl (C=O) groups is 1. The van der Waals surface area contributed by atoms with Crippen molar-refractivity contribution in [3.05, 3.63) is 65.0 Å². The van der Waals surface area contributed by atoms with Crippen LogP contribution in [0.25, 0.3) is 16.9 Å². The first kappa shape index (κ1) is 27.4. The van der Waals surface area contributed by atoms with Crippen LogP contribution in [-0.4, -0.2) is 80.7 Å². The smallest absolute Gasteiger partial charge is 0.293 e. The number of thioether (sulfide) groups is 1. The Hall–Kier alpha value is -4.80. The molecule has 4 heterocycles. The molecule has 216 valence electrons. The standard InChI is InChI=1S/C26H26N10O5S/c1-38-20-7-6-16(12-17(20)15-42-26-29-18-4-2-3-5-21(18)40-26)13-28-31-25(37)22-19(14-35-8-10-39-11-9-35)36(34-30-22)24-23(27)32-41-33-24/h2-7,12-13H,8-11,14-15H2,1H3,(H2,27,32)(H,31,37). The number of methoxy groups -OCH3 is 1. The van der Waals surface area contributed by atoms with E-state index in [2.05, 4.69) is 41.0 Å². The van der Waals surface area contributed by atoms with Crippen molar-refractivity contribution in [2.24, 2.45) is 5.10 Å². The molecule has 0 atom stereocenters. The van der Waals surface area contributed by atoms with Crippen molar-refractivity contribution in [3.63, 3.8) is 0 Å². The molecule has 1 aliphatic heterocycles. The molecule has 5 aromatic rings. The number of fused-ring (bicyclic) bond motifs is 1. The van der Waals surface area contributed by atoms with E-state index in [0.29, 0.717) is 55.3 Å². The number of nitrogens with one attached hydrogen (secondary N) is 1. The van der Waals surface area contributed by atoms with Crippen molar-refractivity contribution in [2.75, 3.05) is 39.1 Å². The zero-order chi connectivity index (χ0) is 28.9. The van der Waals surface area contributed by atoms with Gasteiger partial charge in [0, 0.05) is 31.0 Å². The van der Waals surface area contributed by atoms with E-state index in [1.807, 2.05) is 42.5 Å². The molecular weight excluding hydrogens is 564 g/mol. The molecule has 3 N–H and O–H groups in total. The molecule has 2 aromatic carbocycles. The molecular formula is C26H26N10O5S. The largest absolute Gasteiger partial charge is 0.496 e. The molecule has 0 unspecified atom stereocenters. The van der Waals surface area contributed by atoms with Crippen molar-refractivity contribution < 1.29 is 23.3 Å². The van der Waals surface area contributed by atoms with Crippen molar-refractivity contribution in [2.45, 2.75) is 17.5 Å². The molecule has 15 nitrogen and oxygen atoms in total. The molecule has 1 saturated heterocycles. The minimum atomic E-state index is -0.545. The second-order valence-corrected chi connectivity index (χ2v) is 10.1. The number of aromatic nitrogens is 6. The van der Waals surface area contributed by atoms with Gasteiger partial charge in [-0.05, 0) is 46.2 Å². The molecule has 0 aliphatic carbocycles. The number of rotatable bonds is 10. The molecule has 0 spiro atoms. The van der Waals surface area contributed by atoms with E-state index in [1.165, 1.54) is 22.7 Å². The fraction of sp³-hybridized carbons (Fsp3) is 0.269. The van der Waals surface area contributed by atoms with E-state index in [9.17, 15) is 4.79 Å². The van der Waals surface area contributed by atoms with Crippen molar-refractivity contribution in [1.82, 2.24) is 40.6 Å². The second kappa shape index (κ2) is 12.4. The van der Waals surface area contributed by atoms with Gasteiger partial charge in [-0.25, -0.2) is 15.0 Å². The third-order valence-corrected chi connectivity index (χ3v) is 7.34. The van der Waals surface area contributed by atoms with Crippen LogP contribution < -0.4 is 15.9 Å². The van der Waals surface area contributed by atoms with Gasteiger partial charge in [0.2, 0.25) is 11.6 Å². The minimum absolute atomic E-state index is 0.0256. The van der Waals surface area contributed by atoms with Crippen LogP contribution in [0.2, 0.25) is 0 Å². The molecule has 0 saturated carbocycles. The highest BCUT2D eigenvalue weighted by Crippen LogP contribution is 2.30. The topological polar surface area (TPSA) is 185 Å². The first-order chi connectivity index (χ1) is 20.6. The minimum Gasteiger partial charge on any atom is -0.496 e. The van der Waals surface area contributed by atoms with Gasteiger partial charge in [0.05, 0.1) is 32.2 Å². The van der Waals surface area contributed by atoms with Crippen LogP contribution in [0.15, 0.2) is 61.8 Å². The fourth-order valence-corrected chi connectivity index (χ4v) is 5.18. The number of anilines is 1. The highest BCUT2D eigenvalue weighted by atomic mass is 32.2. The summed E-state index contributed by atoms with van der Waals surface area (Å²) in [5.41, 5.74) is 12.2. The lowest BCUT2D eigenvalue weighted by Crippen LogP contribution is -2.37. The number of para-hydroxylation sites is 2. The lowest BCUT2D eigenvalue weighted by Gasteiger charge is -2.26. The van der Waals surface area contributed by atoms with Gasteiger partial charge in [0.1, 0.15) is 11.3 Å². The Labute approximate surface area is 243 Å². The SMILES string of the molecule is COc1ccc(C=NNC(=O)c2nnn(-c3nonc3N)c2CN2CCOCC2)cc1CSc1nc2ccccc2o1. The van der Waals surface area contributed by atoms with Gasteiger partial charge in [0.15, 0.2) is 11.3 Å². The van der Waals surface area contributed by atoms with E-state index in [0.717, 1.165) is 22.2 Å². The summed E-state index contributed by atoms with van der Waals surface area (Å²) in [5.74, 6) is 0.896. The molecule has 6 rings (SSSR count). The van der Waals surface area contributed by atoms with Crippen LogP contribution >= 0.6 is 11.8 Å². The van der Waals surface area contributed by atoms with Gasteiger partial charge in [-0.2, -0.15) is 9.78 Å². The van der Waals surface area contributed by atoms with Crippen LogP contribution in [-0.2, 0) is 17.0 Å². The van der Waals surface area contributed by atoms with E-state index >= 15 is 0 Å². The molecule has 42 heavy (non-hydrogen) atoms. The number of morpholine rings is 1. The number of nitrogens with zero attached hydrogens (tertiary/aromatic N) is 8. The van der Waals surface area contributed by atoms with Gasteiger partial charge in [-0.15, -0.1) is 5.10 Å². The van der Waals surface area contributed by atoms with Gasteiger partial charge >= 0.3 is 0 Å². The average Bonchev–Trinajstić information content (AvgIpc) is 3.74. The number of nitrogen functional groups attached to an aromatic ring is 1. The van der Waals surface area contributed by atoms with Crippen LogP contribution in [0.3, 0.4) is 0 Å². The summed E-state index contributed by atoms with van der Waals surface area (Å²) in [6, 6.07) is 13.2. The van der Waals surface area contributed by atoms with E-state index in [1.54, 1.807) is 7.11 Å². The van der Waals surface area contributed by atoms with Crippen molar-refractivity contribution >= 4 is 40.8 Å². The molecule has 1 amide bonds. The van der Waals surface area contributed by atoms with E-state index < -0.39 is 5.91 Å². The molecule has 1 aliphatic rings. The second-order valence-electron chi connectivity index (χ2n) is 9.16. The van der Waals surface area contributed by atoms with Gasteiger partial charge in [-0.3, -0.25) is 9.69 Å². The number of ether oxygens (including phenoxy) is 2. The third-order valence-electron chi connectivity index (χ3n) is 6.46. The van der Waals surface area contributed by atoms with Gasteiger partial charge < -0.3 is 19.6 Å². The summed E-state index contributed by atoms with van der Waals surface area (Å²) in [7, 11) is 1.61. The summed E-state index contributed by atoms with van der Waals surface area (Å²) < 4.78 is 22.8. The maximum Gasteiger partial charge on any atom is 0.293 e. The zero-order valence-electron chi connectivity index (χ0n) is 22.5. The first-order valence-electron chi connectivity index (χ1n) is 12.9. The lowest BCUT2D eigenvalue weighted by molar-refractivity contribution is 0.0332. The average molecular weight is 591 g/mol. The maximum atomic E-state index is 13.2. The summed E-state index contributed by atoms with van der Waals surface area (Å²) in [5, 5.41) is 20.3. The first-order valence-corrected chi connectivity index (χ1v) is 13.9. The van der Waals surface area contributed by atoms with E-state index in [-0.39, 0.29) is 17.3 Å². The zero-order valence-corrected chi connectivity index (χ0v) is 23.3. The molecule has 3 aromatic heterocycles. The lowest BCUT2D eigenvalue weighted by atomic mass is 10.1. The summed E-state index contributed by atoms with van der Waals surface area (Å²) in [6.07, 6.45) is 1.54. The van der Waals surface area contributed by atoms with E-state index in [4.69, 9.17) is 24.3 Å². The Morgan fingerprint density at radius 3 is 2.86 bits per heavy atom. The highest BCUT2D eigenvalue weighted by Gasteiger charge is 2.26. The number of amides is 1. The van der Waals surface area contributed by atoms with Crippen LogP contribution in [0.1, 0.15) is 27.3 Å². The summed E-state index contributed by atoms with van der Waals surface area (Å²) in [4.78, 5) is 19.8. The summed E-state index contributed by atoms with van der Waals surface area (Å²) in [6.45, 7) is 2.88. The monoisotopic (exact) mass is 590 g/mol. The van der Waals surface area contributed by atoms with Crippen molar-refractivity contribution in [3.8, 4) is 11.6 Å². The number of oxazole rings is 1. The Balaban J connectivity index is 1.16. The fourth-order valence-electron chi connectivity index (χ4n) is 4.36. The predicted octanol–water partition coefficient (Wildman–Crippen LogP) is 2.27. The Morgan fingerprint density at radius 2 is 2.07 bits per heavy atom. The Kier molecular flexibility index (Phi) is 8.07. The van der Waals surface area contributed by atoms with Crippen LogP contribution in [0, 0.1) is 0 Å². The predicted molar refractivity (Wildman–Crippen MR) is 151 cm³/mol. The number of benzene rings is 2. The maximum absolute atomic E-state index is 13.2. The quantitative estimate of drug-likeness (QED) is 0.137. The molecule has 0 radical (unpaired) electrons. The van der Waals surface area contributed by atoms with Gasteiger partial charge in [0.25, 0.3) is 11.1 Å². The van der Waals surface area contributed by atoms with Crippen LogP contribution in [0.5, 0.6) is 5.75 Å². The van der Waals surface area contributed by atoms with Crippen LogP contribution in [0.4, 0.5) is 5.82 Å². The normalized spacial score (nSPS) is 14.1. The number of carbonyl (C=O) groups excluding carboxylic acids is 1. The van der Waals surface area contributed by atoms with Gasteiger partial charge in [-0.1, -0.05) is 29.1 Å². The number of hydrogen-bond donors (Lipinski definition) is 2. The number of hydrazone groups is 1. The number of hydrogen-bond acceptors (Lipinski definition) is 14. The Bertz CT molecular complexity index is 1690.